The van der Waals surface area contributed by atoms with Crippen LogP contribution >= 0.6 is 0 Å². The second-order valence-electron chi connectivity index (χ2n) is 8.52. The summed E-state index contributed by atoms with van der Waals surface area (Å²) in [5.74, 6) is -2.88. The molecule has 1 fully saturated rings. The first-order chi connectivity index (χ1) is 16.7. The standard InChI is InChI=1S/C25H26FN5O4/c1-14-12-16(6-7-19(14)31-10-3-2-4-21(31)33)30-11-9-17(22(27)24(28)34)23(25(30)35)29-15-5-8-20(32)18(26)13-15/h2,4-5,7-8,12-13,16,32H,3,6,9-11,27H2,1H3,(H2,28,34). The number of hydrogen-bond acceptors (Lipinski definition) is 6. The van der Waals surface area contributed by atoms with Crippen LogP contribution in [0.1, 0.15) is 26.2 Å². The number of carbonyl (C=O) groups is 3. The van der Waals surface area contributed by atoms with Crippen LogP contribution in [0, 0.1) is 5.82 Å². The number of nitrogens with two attached hydrogens (primary N) is 2. The number of likely N-dealkylation sites (tertiary alicyclic amines) is 1. The number of primary amides is 1. The molecule has 0 saturated carbocycles. The van der Waals surface area contributed by atoms with E-state index in [0.717, 1.165) is 29.8 Å². The monoisotopic (exact) mass is 479 g/mol. The van der Waals surface area contributed by atoms with E-state index in [-0.39, 0.29) is 47.6 Å². The molecule has 3 aliphatic rings. The van der Waals surface area contributed by atoms with Gasteiger partial charge in [-0.2, -0.15) is 0 Å². The fraction of sp³-hybridized carbons (Fsp3) is 0.280. The fourth-order valence-corrected chi connectivity index (χ4v) is 4.46. The molecule has 0 bridgehead atoms. The zero-order valence-electron chi connectivity index (χ0n) is 19.2. The minimum Gasteiger partial charge on any atom is -0.505 e. The largest absolute Gasteiger partial charge is 0.505 e. The zero-order valence-corrected chi connectivity index (χ0v) is 19.2. The molecule has 0 spiro atoms. The number of allylic oxidation sites excluding steroid dienone is 1. The lowest BCUT2D eigenvalue weighted by atomic mass is 9.92. The summed E-state index contributed by atoms with van der Waals surface area (Å²) in [6.45, 7) is 2.76. The summed E-state index contributed by atoms with van der Waals surface area (Å²) in [5.41, 5.74) is 12.8. The third-order valence-corrected chi connectivity index (χ3v) is 6.25. The smallest absolute Gasteiger partial charge is 0.273 e. The molecule has 0 aromatic heterocycles. The van der Waals surface area contributed by atoms with Gasteiger partial charge in [-0.05, 0) is 50.0 Å². The number of phenolic OH excluding ortho intramolecular Hbond substituents is 1. The summed E-state index contributed by atoms with van der Waals surface area (Å²) in [5, 5.41) is 9.45. The van der Waals surface area contributed by atoms with Crippen LogP contribution in [-0.2, 0) is 14.4 Å². The molecule has 4 rings (SSSR count). The van der Waals surface area contributed by atoms with Crippen LogP contribution < -0.4 is 11.5 Å². The van der Waals surface area contributed by atoms with Crippen LogP contribution in [0.4, 0.5) is 10.1 Å². The minimum absolute atomic E-state index is 0.0741. The maximum absolute atomic E-state index is 13.9. The summed E-state index contributed by atoms with van der Waals surface area (Å²) < 4.78 is 13.9. The van der Waals surface area contributed by atoms with E-state index in [2.05, 4.69) is 4.99 Å². The number of aliphatic imine (C=N–C) groups is 1. The van der Waals surface area contributed by atoms with Crippen LogP contribution in [0.5, 0.6) is 5.75 Å². The van der Waals surface area contributed by atoms with E-state index in [4.69, 9.17) is 11.5 Å². The molecule has 1 unspecified atom stereocenters. The molecular weight excluding hydrogens is 453 g/mol. The lowest BCUT2D eigenvalue weighted by molar-refractivity contribution is -0.126. The van der Waals surface area contributed by atoms with Gasteiger partial charge in [-0.15, -0.1) is 0 Å². The van der Waals surface area contributed by atoms with Crippen molar-refractivity contribution in [3.63, 3.8) is 0 Å². The van der Waals surface area contributed by atoms with Gasteiger partial charge in [0.2, 0.25) is 0 Å². The van der Waals surface area contributed by atoms with Gasteiger partial charge in [0.15, 0.2) is 11.6 Å². The van der Waals surface area contributed by atoms with E-state index < -0.39 is 23.4 Å². The predicted molar refractivity (Wildman–Crippen MR) is 128 cm³/mol. The second-order valence-corrected chi connectivity index (χ2v) is 8.52. The first kappa shape index (κ1) is 23.9. The van der Waals surface area contributed by atoms with Gasteiger partial charge in [0.1, 0.15) is 11.4 Å². The quantitative estimate of drug-likeness (QED) is 0.566. The van der Waals surface area contributed by atoms with E-state index in [0.29, 0.717) is 13.0 Å². The predicted octanol–water partition coefficient (Wildman–Crippen LogP) is 1.93. The van der Waals surface area contributed by atoms with Crippen LogP contribution in [-0.4, -0.2) is 57.5 Å². The van der Waals surface area contributed by atoms with E-state index in [1.807, 2.05) is 25.2 Å². The number of benzene rings is 1. The average molecular weight is 480 g/mol. The molecule has 0 radical (unpaired) electrons. The minimum atomic E-state index is -0.897. The summed E-state index contributed by atoms with van der Waals surface area (Å²) in [7, 11) is 0. The van der Waals surface area contributed by atoms with E-state index in [9.17, 15) is 23.9 Å². The number of carbonyl (C=O) groups excluding carboxylic acids is 3. The third-order valence-electron chi connectivity index (χ3n) is 6.25. The van der Waals surface area contributed by atoms with Crippen molar-refractivity contribution in [2.75, 3.05) is 13.1 Å². The fourth-order valence-electron chi connectivity index (χ4n) is 4.46. The number of piperidine rings is 1. The Kier molecular flexibility index (Phi) is 6.54. The Morgan fingerprint density at radius 1 is 1.23 bits per heavy atom. The van der Waals surface area contributed by atoms with Crippen LogP contribution in [0.3, 0.4) is 0 Å². The Morgan fingerprint density at radius 3 is 2.66 bits per heavy atom. The van der Waals surface area contributed by atoms with E-state index in [1.165, 1.54) is 6.07 Å². The van der Waals surface area contributed by atoms with Gasteiger partial charge >= 0.3 is 0 Å². The van der Waals surface area contributed by atoms with Gasteiger partial charge in [0.05, 0.1) is 11.7 Å². The lowest BCUT2D eigenvalue weighted by Gasteiger charge is -2.37. The van der Waals surface area contributed by atoms with Crippen molar-refractivity contribution in [2.45, 2.75) is 32.2 Å². The average Bonchev–Trinajstić information content (AvgIpc) is 2.82. The van der Waals surface area contributed by atoms with Gasteiger partial charge in [0, 0.05) is 30.4 Å². The van der Waals surface area contributed by atoms with Gasteiger partial charge in [-0.3, -0.25) is 14.4 Å². The molecule has 2 heterocycles. The molecular formula is C25H26FN5O4. The Bertz CT molecular complexity index is 1260. The first-order valence-electron chi connectivity index (χ1n) is 11.2. The van der Waals surface area contributed by atoms with Crippen molar-refractivity contribution in [3.05, 3.63) is 70.9 Å². The highest BCUT2D eigenvalue weighted by Crippen LogP contribution is 2.30. The van der Waals surface area contributed by atoms with E-state index in [1.54, 1.807) is 15.9 Å². The maximum Gasteiger partial charge on any atom is 0.273 e. The van der Waals surface area contributed by atoms with Gasteiger partial charge in [-0.1, -0.05) is 18.2 Å². The van der Waals surface area contributed by atoms with E-state index >= 15 is 0 Å². The van der Waals surface area contributed by atoms with Crippen LogP contribution in [0.25, 0.3) is 0 Å². The number of phenols is 1. The molecule has 2 aliphatic heterocycles. The van der Waals surface area contributed by atoms with Crippen molar-refractivity contribution >= 4 is 29.1 Å². The number of nitrogens with zero attached hydrogens (tertiary/aromatic N) is 3. The summed E-state index contributed by atoms with van der Waals surface area (Å²) in [6.07, 6.45) is 8.78. The third kappa shape index (κ3) is 4.72. The van der Waals surface area contributed by atoms with Crippen molar-refractivity contribution in [3.8, 4) is 5.75 Å². The van der Waals surface area contributed by atoms with Crippen molar-refractivity contribution < 1.29 is 23.9 Å². The van der Waals surface area contributed by atoms with Gasteiger partial charge in [-0.25, -0.2) is 9.38 Å². The number of hydrogen-bond donors (Lipinski definition) is 3. The molecule has 35 heavy (non-hydrogen) atoms. The molecule has 1 saturated heterocycles. The highest BCUT2D eigenvalue weighted by Gasteiger charge is 2.36. The van der Waals surface area contributed by atoms with Crippen molar-refractivity contribution in [2.24, 2.45) is 16.5 Å². The zero-order chi connectivity index (χ0) is 25.3. The molecule has 1 aliphatic carbocycles. The molecule has 182 valence electrons. The van der Waals surface area contributed by atoms with Crippen molar-refractivity contribution in [1.29, 1.82) is 0 Å². The Balaban J connectivity index is 1.65. The molecule has 3 amide bonds. The summed E-state index contributed by atoms with van der Waals surface area (Å²) in [6, 6.07) is 3.15. The maximum atomic E-state index is 13.9. The second kappa shape index (κ2) is 9.57. The van der Waals surface area contributed by atoms with Crippen LogP contribution in [0.15, 0.2) is 70.0 Å². The van der Waals surface area contributed by atoms with Gasteiger partial charge < -0.3 is 26.4 Å². The lowest BCUT2D eigenvalue weighted by Crippen LogP contribution is -2.49. The first-order valence-corrected chi connectivity index (χ1v) is 11.2. The van der Waals surface area contributed by atoms with Crippen LogP contribution in [0.2, 0.25) is 0 Å². The Labute approximate surface area is 201 Å². The molecule has 1 atom stereocenters. The number of halogens is 1. The number of amides is 3. The number of rotatable bonds is 4. The Morgan fingerprint density at radius 2 is 2.00 bits per heavy atom. The molecule has 1 aromatic rings. The highest BCUT2D eigenvalue weighted by molar-refractivity contribution is 6.47. The highest BCUT2D eigenvalue weighted by atomic mass is 19.1. The summed E-state index contributed by atoms with van der Waals surface area (Å²) in [4.78, 5) is 45.2. The summed E-state index contributed by atoms with van der Waals surface area (Å²) >= 11 is 0. The number of aromatic hydroxyl groups is 1. The normalized spacial score (nSPS) is 23.4. The molecule has 9 nitrogen and oxygen atoms in total. The molecule has 5 N–H and O–H groups in total. The molecule has 10 heteroatoms. The SMILES string of the molecule is CC1=CC(N2CCC(=C(N)C(N)=O)C(=Nc3ccc(O)c(F)c3)C2=O)CC=C1N1CCC=CC1=O. The van der Waals surface area contributed by atoms with Gasteiger partial charge in [0.25, 0.3) is 17.7 Å². The Hall–Kier alpha value is -4.21. The van der Waals surface area contributed by atoms with Crippen molar-refractivity contribution in [1.82, 2.24) is 9.80 Å². The molecule has 1 aromatic carbocycles. The topological polar surface area (TPSA) is 142 Å².